The number of benzene rings is 2. The Hall–Kier alpha value is -2.40. The first kappa shape index (κ1) is 16.0. The number of rotatable bonds is 5. The molecule has 0 spiro atoms. The monoisotopic (exact) mass is 318 g/mol. The zero-order valence-corrected chi connectivity index (χ0v) is 12.7. The lowest BCUT2D eigenvalue weighted by molar-refractivity contribution is -0.385. The summed E-state index contributed by atoms with van der Waals surface area (Å²) in [5, 5.41) is 14.3. The topological polar surface area (TPSA) is 72.2 Å². The molecule has 5 nitrogen and oxygen atoms in total. The van der Waals surface area contributed by atoms with E-state index in [1.807, 2.05) is 25.1 Å². The van der Waals surface area contributed by atoms with Gasteiger partial charge in [-0.2, -0.15) is 0 Å². The van der Waals surface area contributed by atoms with Gasteiger partial charge in [0.05, 0.1) is 17.4 Å². The van der Waals surface area contributed by atoms with Gasteiger partial charge >= 0.3 is 0 Å². The quantitative estimate of drug-likeness (QED) is 0.675. The van der Waals surface area contributed by atoms with E-state index in [0.717, 1.165) is 5.56 Å². The summed E-state index contributed by atoms with van der Waals surface area (Å²) in [7, 11) is 0. The van der Waals surface area contributed by atoms with Gasteiger partial charge in [-0.25, -0.2) is 0 Å². The van der Waals surface area contributed by atoms with Gasteiger partial charge in [0.15, 0.2) is 0 Å². The lowest BCUT2D eigenvalue weighted by Gasteiger charge is -2.15. The molecule has 0 aliphatic rings. The van der Waals surface area contributed by atoms with Crippen LogP contribution in [0.4, 0.5) is 5.69 Å². The number of carbonyl (C=O) groups is 1. The van der Waals surface area contributed by atoms with Gasteiger partial charge in [-0.05, 0) is 18.6 Å². The number of nitro benzene ring substituents is 1. The summed E-state index contributed by atoms with van der Waals surface area (Å²) >= 11 is 6.09. The summed E-state index contributed by atoms with van der Waals surface area (Å²) in [6.45, 7) is 1.82. The maximum atomic E-state index is 12.1. The van der Waals surface area contributed by atoms with Crippen molar-refractivity contribution in [3.8, 4) is 0 Å². The Morgan fingerprint density at radius 2 is 1.86 bits per heavy atom. The minimum Gasteiger partial charge on any atom is -0.349 e. The third-order valence-electron chi connectivity index (χ3n) is 3.29. The molecule has 0 saturated carbocycles. The molecule has 0 aliphatic heterocycles. The molecule has 1 amide bonds. The molecule has 0 bridgehead atoms. The van der Waals surface area contributed by atoms with E-state index < -0.39 is 4.92 Å². The third-order valence-corrected chi connectivity index (χ3v) is 3.63. The second-order valence-corrected chi connectivity index (χ2v) is 5.28. The second kappa shape index (κ2) is 7.04. The molecule has 0 aliphatic carbocycles. The van der Waals surface area contributed by atoms with E-state index in [2.05, 4.69) is 5.32 Å². The van der Waals surface area contributed by atoms with Crippen molar-refractivity contribution in [1.29, 1.82) is 0 Å². The standard InChI is InChI=1S/C16H15ClN2O3/c1-11(13-7-3-4-8-14(13)17)18-16(20)10-12-6-2-5-9-15(12)19(21)22/h2-9,11H,10H2,1H3,(H,18,20). The van der Waals surface area contributed by atoms with Crippen molar-refractivity contribution in [2.24, 2.45) is 0 Å². The minimum absolute atomic E-state index is 0.0497. The van der Waals surface area contributed by atoms with Crippen LogP contribution in [0.15, 0.2) is 48.5 Å². The van der Waals surface area contributed by atoms with Gasteiger partial charge < -0.3 is 5.32 Å². The minimum atomic E-state index is -0.486. The van der Waals surface area contributed by atoms with E-state index in [-0.39, 0.29) is 24.1 Å². The highest BCUT2D eigenvalue weighted by Crippen LogP contribution is 2.23. The van der Waals surface area contributed by atoms with Gasteiger partial charge in [0.25, 0.3) is 5.69 Å². The average Bonchev–Trinajstić information content (AvgIpc) is 2.47. The fourth-order valence-corrected chi connectivity index (χ4v) is 2.51. The van der Waals surface area contributed by atoms with Crippen LogP contribution in [0.1, 0.15) is 24.1 Å². The van der Waals surface area contributed by atoms with Gasteiger partial charge in [0.1, 0.15) is 0 Å². The predicted octanol–water partition coefficient (Wildman–Crippen LogP) is 3.67. The van der Waals surface area contributed by atoms with E-state index in [4.69, 9.17) is 11.6 Å². The molecule has 0 radical (unpaired) electrons. The van der Waals surface area contributed by atoms with E-state index in [1.165, 1.54) is 6.07 Å². The Morgan fingerprint density at radius 1 is 1.23 bits per heavy atom. The summed E-state index contributed by atoms with van der Waals surface area (Å²) in [5.41, 5.74) is 1.14. The molecule has 1 atom stereocenters. The predicted molar refractivity (Wildman–Crippen MR) is 84.8 cm³/mol. The SMILES string of the molecule is CC(NC(=O)Cc1ccccc1[N+](=O)[O-])c1ccccc1Cl. The highest BCUT2D eigenvalue weighted by molar-refractivity contribution is 6.31. The first-order chi connectivity index (χ1) is 10.5. The van der Waals surface area contributed by atoms with E-state index in [0.29, 0.717) is 10.6 Å². The number of nitrogens with one attached hydrogen (secondary N) is 1. The molecule has 22 heavy (non-hydrogen) atoms. The number of hydrogen-bond acceptors (Lipinski definition) is 3. The van der Waals surface area contributed by atoms with Crippen LogP contribution < -0.4 is 5.32 Å². The highest BCUT2D eigenvalue weighted by atomic mass is 35.5. The number of halogens is 1. The van der Waals surface area contributed by atoms with E-state index in [9.17, 15) is 14.9 Å². The van der Waals surface area contributed by atoms with Gasteiger partial charge in [-0.15, -0.1) is 0 Å². The zero-order chi connectivity index (χ0) is 16.1. The molecule has 2 aromatic rings. The van der Waals surface area contributed by atoms with Crippen molar-refractivity contribution < 1.29 is 9.72 Å². The number of hydrogen-bond donors (Lipinski definition) is 1. The number of amides is 1. The molecular weight excluding hydrogens is 304 g/mol. The molecule has 6 heteroatoms. The number of carbonyl (C=O) groups excluding carboxylic acids is 1. The van der Waals surface area contributed by atoms with Crippen LogP contribution >= 0.6 is 11.6 Å². The summed E-state index contributed by atoms with van der Waals surface area (Å²) in [6.07, 6.45) is -0.0497. The average molecular weight is 319 g/mol. The van der Waals surface area contributed by atoms with Crippen LogP contribution in [-0.2, 0) is 11.2 Å². The molecule has 114 valence electrons. The largest absolute Gasteiger partial charge is 0.349 e. The van der Waals surface area contributed by atoms with Crippen molar-refractivity contribution in [3.05, 3.63) is 74.8 Å². The van der Waals surface area contributed by atoms with E-state index in [1.54, 1.807) is 24.3 Å². The summed E-state index contributed by atoms with van der Waals surface area (Å²) in [5.74, 6) is -0.290. The van der Waals surface area contributed by atoms with Gasteiger partial charge in [0, 0.05) is 16.7 Å². The fourth-order valence-electron chi connectivity index (χ4n) is 2.21. The lowest BCUT2D eigenvalue weighted by atomic mass is 10.1. The van der Waals surface area contributed by atoms with Crippen LogP contribution in [0.5, 0.6) is 0 Å². The fraction of sp³-hybridized carbons (Fsp3) is 0.188. The molecule has 0 aromatic heterocycles. The molecule has 2 rings (SSSR count). The molecule has 1 unspecified atom stereocenters. The lowest BCUT2D eigenvalue weighted by Crippen LogP contribution is -2.28. The summed E-state index contributed by atoms with van der Waals surface area (Å²) < 4.78 is 0. The van der Waals surface area contributed by atoms with Crippen molar-refractivity contribution in [3.63, 3.8) is 0 Å². The van der Waals surface area contributed by atoms with Gasteiger partial charge in [-0.3, -0.25) is 14.9 Å². The first-order valence-electron chi connectivity index (χ1n) is 6.75. The molecule has 0 saturated heterocycles. The molecule has 0 heterocycles. The Morgan fingerprint density at radius 3 is 2.55 bits per heavy atom. The van der Waals surface area contributed by atoms with Crippen LogP contribution in [-0.4, -0.2) is 10.8 Å². The highest BCUT2D eigenvalue weighted by Gasteiger charge is 2.17. The van der Waals surface area contributed by atoms with Crippen LogP contribution in [0.3, 0.4) is 0 Å². The normalized spacial score (nSPS) is 11.7. The van der Waals surface area contributed by atoms with Crippen molar-refractivity contribution >= 4 is 23.2 Å². The first-order valence-corrected chi connectivity index (χ1v) is 7.13. The zero-order valence-electron chi connectivity index (χ0n) is 12.0. The Labute approximate surface area is 133 Å². The Kier molecular flexibility index (Phi) is 5.12. The van der Waals surface area contributed by atoms with Crippen molar-refractivity contribution in [2.75, 3.05) is 0 Å². The smallest absolute Gasteiger partial charge is 0.273 e. The number of nitrogens with zero attached hydrogens (tertiary/aromatic N) is 1. The van der Waals surface area contributed by atoms with Crippen LogP contribution in [0.25, 0.3) is 0 Å². The molecule has 0 fully saturated rings. The molecular formula is C16H15ClN2O3. The maximum Gasteiger partial charge on any atom is 0.273 e. The Bertz CT molecular complexity index is 703. The second-order valence-electron chi connectivity index (χ2n) is 4.87. The van der Waals surface area contributed by atoms with Gasteiger partial charge in [0.2, 0.25) is 5.91 Å². The summed E-state index contributed by atoms with van der Waals surface area (Å²) in [6, 6.07) is 13.2. The van der Waals surface area contributed by atoms with Crippen LogP contribution in [0.2, 0.25) is 5.02 Å². The number of nitro groups is 1. The molecule has 1 N–H and O–H groups in total. The number of para-hydroxylation sites is 1. The summed E-state index contributed by atoms with van der Waals surface area (Å²) in [4.78, 5) is 22.6. The maximum absolute atomic E-state index is 12.1. The van der Waals surface area contributed by atoms with Crippen molar-refractivity contribution in [2.45, 2.75) is 19.4 Å². The van der Waals surface area contributed by atoms with Crippen LogP contribution in [0, 0.1) is 10.1 Å². The Balaban J connectivity index is 2.08. The third kappa shape index (κ3) is 3.83. The van der Waals surface area contributed by atoms with Gasteiger partial charge in [-0.1, -0.05) is 48.0 Å². The van der Waals surface area contributed by atoms with Crippen molar-refractivity contribution in [1.82, 2.24) is 5.32 Å². The van der Waals surface area contributed by atoms with E-state index >= 15 is 0 Å². The molecule has 2 aromatic carbocycles.